The largest absolute Gasteiger partial charge is 0.298 e. The summed E-state index contributed by atoms with van der Waals surface area (Å²) in [5.74, 6) is 5.11. The molecule has 9 heavy (non-hydrogen) atoms. The molecular weight excluding hydrogens is 117 g/mol. The third-order valence-electron chi connectivity index (χ3n) is 1.39. The smallest absolute Gasteiger partial charge is 0.195 e. The Morgan fingerprint density at radius 3 is 2.44 bits per heavy atom. The van der Waals surface area contributed by atoms with Gasteiger partial charge in [0.1, 0.15) is 0 Å². The molecule has 0 saturated carbocycles. The van der Waals surface area contributed by atoms with Crippen LogP contribution in [0.4, 0.5) is 4.39 Å². The van der Waals surface area contributed by atoms with Gasteiger partial charge in [-0.15, -0.1) is 5.92 Å². The first-order valence-corrected chi connectivity index (χ1v) is 2.98. The van der Waals surface area contributed by atoms with Gasteiger partial charge in [-0.1, -0.05) is 5.92 Å². The minimum Gasteiger partial charge on any atom is -0.298 e. The Balaban J connectivity index is 2.47. The summed E-state index contributed by atoms with van der Waals surface area (Å²) < 4.78 is 12.9. The van der Waals surface area contributed by atoms with Crippen molar-refractivity contribution in [2.45, 2.75) is 12.6 Å². The number of alkyl halides is 1. The monoisotopic (exact) mass is 127 g/mol. The first-order chi connectivity index (χ1) is 4.16. The van der Waals surface area contributed by atoms with E-state index in [0.717, 1.165) is 0 Å². The molecule has 1 nitrogen and oxygen atoms in total. The van der Waals surface area contributed by atoms with Crippen molar-refractivity contribution >= 4 is 0 Å². The molecule has 1 aliphatic rings. The molecule has 50 valence electrons. The van der Waals surface area contributed by atoms with Gasteiger partial charge in [-0.2, -0.15) is 0 Å². The van der Waals surface area contributed by atoms with Gasteiger partial charge in [0.25, 0.3) is 0 Å². The van der Waals surface area contributed by atoms with E-state index in [4.69, 9.17) is 0 Å². The van der Waals surface area contributed by atoms with E-state index in [-0.39, 0.29) is 0 Å². The number of likely N-dealkylation sites (tertiary alicyclic amines) is 1. The van der Waals surface area contributed by atoms with Crippen molar-refractivity contribution in [1.82, 2.24) is 4.90 Å². The standard InChI is InChI=1S/C7H10FN/c1-3-4-7(8)5-9(2)6-7/h5-6H2,1-2H3. The van der Waals surface area contributed by atoms with Gasteiger partial charge in [-0.25, -0.2) is 4.39 Å². The highest BCUT2D eigenvalue weighted by atomic mass is 19.1. The molecular formula is C7H10FN. The molecule has 1 heterocycles. The molecule has 1 aliphatic heterocycles. The maximum absolute atomic E-state index is 12.9. The molecule has 0 aliphatic carbocycles. The van der Waals surface area contributed by atoms with Crippen LogP contribution in [0.3, 0.4) is 0 Å². The summed E-state index contributed by atoms with van der Waals surface area (Å²) in [5.41, 5.74) is -1.19. The highest BCUT2D eigenvalue weighted by molar-refractivity contribution is 5.19. The summed E-state index contributed by atoms with van der Waals surface area (Å²) in [6.07, 6.45) is 0. The van der Waals surface area contributed by atoms with E-state index in [1.807, 2.05) is 11.9 Å². The maximum Gasteiger partial charge on any atom is 0.195 e. The summed E-state index contributed by atoms with van der Waals surface area (Å²) in [6.45, 7) is 2.60. The average molecular weight is 127 g/mol. The lowest BCUT2D eigenvalue weighted by Gasteiger charge is -2.38. The Morgan fingerprint density at radius 2 is 2.11 bits per heavy atom. The van der Waals surface area contributed by atoms with Gasteiger partial charge in [0.15, 0.2) is 5.67 Å². The van der Waals surface area contributed by atoms with Crippen LogP contribution in [0.5, 0.6) is 0 Å². The molecule has 1 fully saturated rings. The van der Waals surface area contributed by atoms with Crippen molar-refractivity contribution < 1.29 is 4.39 Å². The molecule has 0 unspecified atom stereocenters. The number of rotatable bonds is 0. The minimum absolute atomic E-state index is 0.466. The topological polar surface area (TPSA) is 3.24 Å². The lowest BCUT2D eigenvalue weighted by atomic mass is 9.98. The molecule has 1 saturated heterocycles. The van der Waals surface area contributed by atoms with Crippen LogP contribution < -0.4 is 0 Å². The van der Waals surface area contributed by atoms with Crippen molar-refractivity contribution in [3.63, 3.8) is 0 Å². The maximum atomic E-state index is 12.9. The third-order valence-corrected chi connectivity index (χ3v) is 1.39. The van der Waals surface area contributed by atoms with Crippen LogP contribution in [0.15, 0.2) is 0 Å². The molecule has 0 atom stereocenters. The quantitative estimate of drug-likeness (QED) is 0.432. The van der Waals surface area contributed by atoms with Gasteiger partial charge in [-0.3, -0.25) is 4.90 Å². The van der Waals surface area contributed by atoms with Gasteiger partial charge in [-0.05, 0) is 14.0 Å². The van der Waals surface area contributed by atoms with Crippen LogP contribution in [-0.4, -0.2) is 30.7 Å². The molecule has 0 bridgehead atoms. The van der Waals surface area contributed by atoms with Crippen LogP contribution in [0.25, 0.3) is 0 Å². The SMILES string of the molecule is CC#CC1(F)CN(C)C1. The van der Waals surface area contributed by atoms with E-state index >= 15 is 0 Å². The predicted molar refractivity (Wildman–Crippen MR) is 34.8 cm³/mol. The molecule has 1 rings (SSSR count). The Labute approximate surface area is 54.8 Å². The second kappa shape index (κ2) is 2.00. The van der Waals surface area contributed by atoms with E-state index in [9.17, 15) is 4.39 Å². The number of hydrogen-bond donors (Lipinski definition) is 0. The van der Waals surface area contributed by atoms with Gasteiger partial charge < -0.3 is 0 Å². The molecule has 0 aromatic carbocycles. The molecule has 2 heteroatoms. The average Bonchev–Trinajstić information content (AvgIpc) is 1.62. The fourth-order valence-corrected chi connectivity index (χ4v) is 1.11. The van der Waals surface area contributed by atoms with E-state index in [1.165, 1.54) is 0 Å². The van der Waals surface area contributed by atoms with E-state index < -0.39 is 5.67 Å². The zero-order valence-electron chi connectivity index (χ0n) is 5.74. The Kier molecular flexibility index (Phi) is 1.46. The molecule has 0 spiro atoms. The second-order valence-electron chi connectivity index (χ2n) is 2.51. The van der Waals surface area contributed by atoms with Crippen LogP contribution in [0, 0.1) is 11.8 Å². The van der Waals surface area contributed by atoms with Gasteiger partial charge in [0, 0.05) is 13.1 Å². The van der Waals surface area contributed by atoms with Crippen LogP contribution in [0.1, 0.15) is 6.92 Å². The van der Waals surface area contributed by atoms with Crippen molar-refractivity contribution in [3.8, 4) is 11.8 Å². The summed E-state index contributed by atoms with van der Waals surface area (Å²) in [7, 11) is 1.88. The van der Waals surface area contributed by atoms with E-state index in [2.05, 4.69) is 11.8 Å². The van der Waals surface area contributed by atoms with Gasteiger partial charge >= 0.3 is 0 Å². The fraction of sp³-hybridized carbons (Fsp3) is 0.714. The molecule has 0 aromatic rings. The summed E-state index contributed by atoms with van der Waals surface area (Å²) >= 11 is 0. The van der Waals surface area contributed by atoms with Crippen molar-refractivity contribution in [1.29, 1.82) is 0 Å². The number of nitrogens with zero attached hydrogens (tertiary/aromatic N) is 1. The summed E-state index contributed by atoms with van der Waals surface area (Å²) in [5, 5.41) is 0. The lowest BCUT2D eigenvalue weighted by molar-refractivity contribution is 0.0338. The zero-order chi connectivity index (χ0) is 6.91. The molecule has 0 N–H and O–H groups in total. The van der Waals surface area contributed by atoms with E-state index in [1.54, 1.807) is 6.92 Å². The van der Waals surface area contributed by atoms with Gasteiger partial charge in [0.05, 0.1) is 0 Å². The van der Waals surface area contributed by atoms with Crippen molar-refractivity contribution in [2.75, 3.05) is 20.1 Å². The molecule has 0 aromatic heterocycles. The second-order valence-corrected chi connectivity index (χ2v) is 2.51. The van der Waals surface area contributed by atoms with Crippen LogP contribution in [0.2, 0.25) is 0 Å². The fourth-order valence-electron chi connectivity index (χ4n) is 1.11. The molecule has 0 amide bonds. The lowest BCUT2D eigenvalue weighted by Crippen LogP contribution is -2.56. The first-order valence-electron chi connectivity index (χ1n) is 2.98. The molecule has 0 radical (unpaired) electrons. The van der Waals surface area contributed by atoms with Crippen molar-refractivity contribution in [2.24, 2.45) is 0 Å². The van der Waals surface area contributed by atoms with Crippen LogP contribution >= 0.6 is 0 Å². The normalized spacial score (nSPS) is 23.9. The van der Waals surface area contributed by atoms with E-state index in [0.29, 0.717) is 13.1 Å². The summed E-state index contributed by atoms with van der Waals surface area (Å²) in [6, 6.07) is 0. The highest BCUT2D eigenvalue weighted by Crippen LogP contribution is 2.21. The Bertz CT molecular complexity index is 159. The third kappa shape index (κ3) is 1.22. The number of hydrogen-bond acceptors (Lipinski definition) is 1. The Morgan fingerprint density at radius 1 is 1.56 bits per heavy atom. The zero-order valence-corrected chi connectivity index (χ0v) is 5.74. The van der Waals surface area contributed by atoms with Crippen molar-refractivity contribution in [3.05, 3.63) is 0 Å². The predicted octanol–water partition coefficient (Wildman–Crippen LogP) is 0.663. The minimum atomic E-state index is -1.19. The number of halogens is 1. The first kappa shape index (κ1) is 6.57. The van der Waals surface area contributed by atoms with Crippen LogP contribution in [-0.2, 0) is 0 Å². The summed E-state index contributed by atoms with van der Waals surface area (Å²) in [4.78, 5) is 1.91. The Hall–Kier alpha value is -0.550. The van der Waals surface area contributed by atoms with Gasteiger partial charge in [0.2, 0.25) is 0 Å². The highest BCUT2D eigenvalue weighted by Gasteiger charge is 2.39.